The lowest BCUT2D eigenvalue weighted by Gasteiger charge is -2.36. The summed E-state index contributed by atoms with van der Waals surface area (Å²) < 4.78 is 0. The number of urea groups is 1. The van der Waals surface area contributed by atoms with E-state index in [9.17, 15) is 14.7 Å². The highest BCUT2D eigenvalue weighted by Crippen LogP contribution is 2.20. The van der Waals surface area contributed by atoms with Crippen LogP contribution in [0.4, 0.5) is 4.79 Å². The Hall–Kier alpha value is -1.30. The number of hydrogen-bond donors (Lipinski definition) is 3. The van der Waals surface area contributed by atoms with Crippen LogP contribution in [0, 0.1) is 0 Å². The molecule has 1 fully saturated rings. The number of carboxylic acids is 1. The summed E-state index contributed by atoms with van der Waals surface area (Å²) in [7, 11) is 0. The number of hydrogen-bond acceptors (Lipinski definition) is 3. The summed E-state index contributed by atoms with van der Waals surface area (Å²) in [5.74, 6) is -0.922. The van der Waals surface area contributed by atoms with Crippen LogP contribution in [-0.2, 0) is 4.79 Å². The van der Waals surface area contributed by atoms with E-state index in [-0.39, 0.29) is 25.0 Å². The smallest absolute Gasteiger partial charge is 0.317 e. The van der Waals surface area contributed by atoms with Gasteiger partial charge in [-0.2, -0.15) is 0 Å². The average Bonchev–Trinajstić information content (AvgIpc) is 2.28. The highest BCUT2D eigenvalue weighted by Gasteiger charge is 2.27. The number of nitrogens with one attached hydrogen (secondary N) is 1. The largest absolute Gasteiger partial charge is 0.481 e. The van der Waals surface area contributed by atoms with Crippen molar-refractivity contribution in [3.8, 4) is 0 Å². The third-order valence-electron chi connectivity index (χ3n) is 3.12. The molecule has 0 aromatic carbocycles. The number of carbonyl (C=O) groups is 2. The van der Waals surface area contributed by atoms with E-state index < -0.39 is 12.1 Å². The van der Waals surface area contributed by atoms with E-state index in [4.69, 9.17) is 5.11 Å². The number of aliphatic carboxylic acids is 1. The minimum atomic E-state index is -0.922. The second kappa shape index (κ2) is 7.20. The molecule has 0 aliphatic carbocycles. The standard InChI is InChI=1S/C12H22N2O4/c1-9(15)8-10-4-2-3-7-14(10)12(18)13-6-5-11(16)17/h9-10,15H,2-8H2,1H3,(H,13,18)(H,16,17). The number of likely N-dealkylation sites (tertiary alicyclic amines) is 1. The second-order valence-electron chi connectivity index (χ2n) is 4.80. The van der Waals surface area contributed by atoms with Gasteiger partial charge >= 0.3 is 12.0 Å². The van der Waals surface area contributed by atoms with Crippen molar-refractivity contribution >= 4 is 12.0 Å². The van der Waals surface area contributed by atoms with Gasteiger partial charge in [0, 0.05) is 19.1 Å². The number of piperidine rings is 1. The fraction of sp³-hybridized carbons (Fsp3) is 0.833. The van der Waals surface area contributed by atoms with E-state index in [0.717, 1.165) is 19.3 Å². The minimum absolute atomic E-state index is 0.0589. The summed E-state index contributed by atoms with van der Waals surface area (Å²) >= 11 is 0. The van der Waals surface area contributed by atoms with E-state index in [2.05, 4.69) is 5.32 Å². The lowest BCUT2D eigenvalue weighted by atomic mass is 9.98. The van der Waals surface area contributed by atoms with Crippen LogP contribution in [0.15, 0.2) is 0 Å². The lowest BCUT2D eigenvalue weighted by Crippen LogP contribution is -2.49. The van der Waals surface area contributed by atoms with Gasteiger partial charge in [0.05, 0.1) is 12.5 Å². The normalized spacial score (nSPS) is 21.4. The molecular formula is C12H22N2O4. The van der Waals surface area contributed by atoms with Gasteiger partial charge in [0.25, 0.3) is 0 Å². The van der Waals surface area contributed by atoms with E-state index >= 15 is 0 Å². The first kappa shape index (κ1) is 14.8. The first-order chi connectivity index (χ1) is 8.50. The highest BCUT2D eigenvalue weighted by atomic mass is 16.4. The molecule has 0 aromatic heterocycles. The molecule has 0 spiro atoms. The Labute approximate surface area is 107 Å². The number of rotatable bonds is 5. The highest BCUT2D eigenvalue weighted by molar-refractivity contribution is 5.75. The maximum atomic E-state index is 11.9. The topological polar surface area (TPSA) is 89.9 Å². The molecule has 0 aromatic rings. The molecule has 0 radical (unpaired) electrons. The summed E-state index contributed by atoms with van der Waals surface area (Å²) in [4.78, 5) is 24.0. The molecule has 1 saturated heterocycles. The summed E-state index contributed by atoms with van der Waals surface area (Å²) in [5, 5.41) is 20.5. The van der Waals surface area contributed by atoms with Crippen molar-refractivity contribution in [3.05, 3.63) is 0 Å². The van der Waals surface area contributed by atoms with Crippen LogP contribution >= 0.6 is 0 Å². The van der Waals surface area contributed by atoms with E-state index in [1.54, 1.807) is 11.8 Å². The summed E-state index contributed by atoms with van der Waals surface area (Å²) in [6, 6.07) is -0.162. The third kappa shape index (κ3) is 4.91. The third-order valence-corrected chi connectivity index (χ3v) is 3.12. The fourth-order valence-electron chi connectivity index (χ4n) is 2.28. The van der Waals surface area contributed by atoms with Crippen LogP contribution in [0.3, 0.4) is 0 Å². The first-order valence-corrected chi connectivity index (χ1v) is 6.45. The number of aliphatic hydroxyl groups is 1. The Morgan fingerprint density at radius 3 is 2.78 bits per heavy atom. The van der Waals surface area contributed by atoms with Gasteiger partial charge in [0.15, 0.2) is 0 Å². The molecule has 1 aliphatic rings. The van der Waals surface area contributed by atoms with Crippen LogP contribution < -0.4 is 5.32 Å². The van der Waals surface area contributed by atoms with Crippen molar-refractivity contribution in [1.29, 1.82) is 0 Å². The SMILES string of the molecule is CC(O)CC1CCCCN1C(=O)NCCC(=O)O. The Bertz CT molecular complexity index is 294. The molecule has 1 heterocycles. The van der Waals surface area contributed by atoms with Gasteiger partial charge in [-0.3, -0.25) is 4.79 Å². The number of carbonyl (C=O) groups excluding carboxylic acids is 1. The van der Waals surface area contributed by atoms with Crippen LogP contribution in [0.5, 0.6) is 0 Å². The molecule has 1 aliphatic heterocycles. The Kier molecular flexibility index (Phi) is 5.91. The second-order valence-corrected chi connectivity index (χ2v) is 4.80. The minimum Gasteiger partial charge on any atom is -0.481 e. The van der Waals surface area contributed by atoms with Crippen molar-refractivity contribution in [2.75, 3.05) is 13.1 Å². The molecule has 2 unspecified atom stereocenters. The Balaban J connectivity index is 2.44. The average molecular weight is 258 g/mol. The van der Waals surface area contributed by atoms with Crippen molar-refractivity contribution in [1.82, 2.24) is 10.2 Å². The quantitative estimate of drug-likeness (QED) is 0.680. The molecule has 6 heteroatoms. The molecule has 104 valence electrons. The predicted molar refractivity (Wildman–Crippen MR) is 66.3 cm³/mol. The molecule has 0 bridgehead atoms. The summed E-state index contributed by atoms with van der Waals surface area (Å²) in [6.07, 6.45) is 3.01. The molecule has 1 rings (SSSR count). The van der Waals surface area contributed by atoms with Gasteiger partial charge in [0.1, 0.15) is 0 Å². The van der Waals surface area contributed by atoms with Crippen molar-refractivity contribution in [2.45, 2.75) is 51.2 Å². The molecular weight excluding hydrogens is 236 g/mol. The van der Waals surface area contributed by atoms with Gasteiger partial charge in [-0.1, -0.05) is 0 Å². The molecule has 3 N–H and O–H groups in total. The van der Waals surface area contributed by atoms with Crippen molar-refractivity contribution < 1.29 is 19.8 Å². The van der Waals surface area contributed by atoms with E-state index in [1.807, 2.05) is 0 Å². The van der Waals surface area contributed by atoms with Gasteiger partial charge in [-0.15, -0.1) is 0 Å². The van der Waals surface area contributed by atoms with Crippen LogP contribution in [-0.4, -0.2) is 52.3 Å². The van der Waals surface area contributed by atoms with Crippen LogP contribution in [0.2, 0.25) is 0 Å². The molecule has 6 nitrogen and oxygen atoms in total. The number of carboxylic acid groups (broad SMARTS) is 1. The molecule has 0 saturated carbocycles. The molecule has 2 amide bonds. The monoisotopic (exact) mass is 258 g/mol. The van der Waals surface area contributed by atoms with E-state index in [0.29, 0.717) is 13.0 Å². The van der Waals surface area contributed by atoms with Crippen LogP contribution in [0.25, 0.3) is 0 Å². The summed E-state index contributed by atoms with van der Waals surface area (Å²) in [5.41, 5.74) is 0. The fourth-order valence-corrected chi connectivity index (χ4v) is 2.28. The van der Waals surface area contributed by atoms with Gasteiger partial charge < -0.3 is 20.4 Å². The van der Waals surface area contributed by atoms with E-state index in [1.165, 1.54) is 0 Å². The predicted octanol–water partition coefficient (Wildman–Crippen LogP) is 0.796. The zero-order valence-corrected chi connectivity index (χ0v) is 10.8. The zero-order chi connectivity index (χ0) is 13.5. The maximum absolute atomic E-state index is 11.9. The zero-order valence-electron chi connectivity index (χ0n) is 10.8. The van der Waals surface area contributed by atoms with Gasteiger partial charge in [-0.05, 0) is 32.6 Å². The lowest BCUT2D eigenvalue weighted by molar-refractivity contribution is -0.136. The molecule has 18 heavy (non-hydrogen) atoms. The van der Waals surface area contributed by atoms with Crippen molar-refractivity contribution in [2.24, 2.45) is 0 Å². The maximum Gasteiger partial charge on any atom is 0.317 e. The Morgan fingerprint density at radius 2 is 2.17 bits per heavy atom. The first-order valence-electron chi connectivity index (χ1n) is 6.45. The van der Waals surface area contributed by atoms with Crippen LogP contribution in [0.1, 0.15) is 39.0 Å². The summed E-state index contributed by atoms with van der Waals surface area (Å²) in [6.45, 7) is 2.54. The van der Waals surface area contributed by atoms with Gasteiger partial charge in [-0.25, -0.2) is 4.79 Å². The van der Waals surface area contributed by atoms with Gasteiger partial charge in [0.2, 0.25) is 0 Å². The molecule has 2 atom stereocenters. The number of amides is 2. The number of aliphatic hydroxyl groups excluding tert-OH is 1. The van der Waals surface area contributed by atoms with Crippen molar-refractivity contribution in [3.63, 3.8) is 0 Å². The number of nitrogens with zero attached hydrogens (tertiary/aromatic N) is 1. The Morgan fingerprint density at radius 1 is 1.44 bits per heavy atom.